The van der Waals surface area contributed by atoms with Crippen LogP contribution in [0.2, 0.25) is 0 Å². The van der Waals surface area contributed by atoms with Crippen molar-refractivity contribution in [3.8, 4) is 0 Å². The summed E-state index contributed by atoms with van der Waals surface area (Å²) >= 11 is 0. The van der Waals surface area contributed by atoms with E-state index in [2.05, 4.69) is 5.32 Å². The summed E-state index contributed by atoms with van der Waals surface area (Å²) < 4.78 is 0. The van der Waals surface area contributed by atoms with Crippen LogP contribution in [0.25, 0.3) is 0 Å². The van der Waals surface area contributed by atoms with Crippen LogP contribution in [-0.4, -0.2) is 87.4 Å². The molecular weight excluding hydrogens is 244 g/mol. The summed E-state index contributed by atoms with van der Waals surface area (Å²) in [5.74, 6) is 0.00897. The maximum absolute atomic E-state index is 12.2. The Balaban J connectivity index is 2.44. The number of amides is 2. The molecule has 6 heteroatoms. The largest absolute Gasteiger partial charge is 0.344 e. The molecule has 1 rings (SSSR count). The Morgan fingerprint density at radius 2 is 2.05 bits per heavy atom. The standard InChI is InChI=1S/C13H26N4O2/c1-14-5-6-16(4)13(19)11-9-12(18)17(10-11)8-7-15(2)3/h11,14H,5-10H2,1-4H3. The van der Waals surface area contributed by atoms with Gasteiger partial charge in [0, 0.05) is 46.2 Å². The Labute approximate surface area is 115 Å². The van der Waals surface area contributed by atoms with Crippen molar-refractivity contribution >= 4 is 11.8 Å². The number of nitrogens with one attached hydrogen (secondary N) is 1. The zero-order chi connectivity index (χ0) is 14.4. The van der Waals surface area contributed by atoms with Gasteiger partial charge in [0.25, 0.3) is 0 Å². The van der Waals surface area contributed by atoms with Gasteiger partial charge >= 0.3 is 0 Å². The lowest BCUT2D eigenvalue weighted by Gasteiger charge is -2.22. The predicted octanol–water partition coefficient (Wildman–Crippen LogP) is -0.926. The Morgan fingerprint density at radius 3 is 2.63 bits per heavy atom. The lowest BCUT2D eigenvalue weighted by molar-refractivity contribution is -0.134. The van der Waals surface area contributed by atoms with Gasteiger partial charge in [0.15, 0.2) is 0 Å². The van der Waals surface area contributed by atoms with E-state index in [1.54, 1.807) is 16.8 Å². The topological polar surface area (TPSA) is 55.9 Å². The SMILES string of the molecule is CNCCN(C)C(=O)C1CC(=O)N(CCN(C)C)C1. The second-order valence-corrected chi connectivity index (χ2v) is 5.41. The van der Waals surface area contributed by atoms with Gasteiger partial charge in [-0.05, 0) is 21.1 Å². The third kappa shape index (κ3) is 4.80. The summed E-state index contributed by atoms with van der Waals surface area (Å²) in [6.07, 6.45) is 0.357. The number of hydrogen-bond donors (Lipinski definition) is 1. The number of carbonyl (C=O) groups is 2. The fourth-order valence-corrected chi connectivity index (χ4v) is 2.18. The van der Waals surface area contributed by atoms with Crippen molar-refractivity contribution in [2.24, 2.45) is 5.92 Å². The average Bonchev–Trinajstić information content (AvgIpc) is 2.73. The molecule has 0 aromatic rings. The van der Waals surface area contributed by atoms with E-state index < -0.39 is 0 Å². The van der Waals surface area contributed by atoms with Gasteiger partial charge in [-0.15, -0.1) is 0 Å². The van der Waals surface area contributed by atoms with E-state index in [1.165, 1.54) is 0 Å². The van der Waals surface area contributed by atoms with Crippen molar-refractivity contribution in [2.45, 2.75) is 6.42 Å². The molecule has 0 bridgehead atoms. The van der Waals surface area contributed by atoms with E-state index in [-0.39, 0.29) is 17.7 Å². The molecule has 1 heterocycles. The first-order chi connectivity index (χ1) is 8.95. The van der Waals surface area contributed by atoms with E-state index in [0.717, 1.165) is 13.1 Å². The van der Waals surface area contributed by atoms with Crippen LogP contribution in [0.15, 0.2) is 0 Å². The van der Waals surface area contributed by atoms with Crippen LogP contribution in [0.3, 0.4) is 0 Å². The van der Waals surface area contributed by atoms with Gasteiger partial charge < -0.3 is 20.0 Å². The third-order valence-electron chi connectivity index (χ3n) is 3.45. The Bertz CT molecular complexity index is 320. The van der Waals surface area contributed by atoms with E-state index >= 15 is 0 Å². The first kappa shape index (κ1) is 15.9. The van der Waals surface area contributed by atoms with Gasteiger partial charge in [-0.25, -0.2) is 0 Å². The molecule has 110 valence electrons. The van der Waals surface area contributed by atoms with Crippen LogP contribution in [0.5, 0.6) is 0 Å². The van der Waals surface area contributed by atoms with Crippen molar-refractivity contribution in [1.29, 1.82) is 0 Å². The minimum absolute atomic E-state index is 0.0796. The molecule has 0 saturated carbocycles. The molecule has 0 aliphatic carbocycles. The van der Waals surface area contributed by atoms with Crippen LogP contribution >= 0.6 is 0 Å². The van der Waals surface area contributed by atoms with Crippen molar-refractivity contribution < 1.29 is 9.59 Å². The van der Waals surface area contributed by atoms with Crippen molar-refractivity contribution in [3.05, 3.63) is 0 Å². The van der Waals surface area contributed by atoms with E-state index in [4.69, 9.17) is 0 Å². The summed E-state index contributed by atoms with van der Waals surface area (Å²) in [5.41, 5.74) is 0. The number of rotatable bonds is 7. The number of nitrogens with zero attached hydrogens (tertiary/aromatic N) is 3. The number of likely N-dealkylation sites (tertiary alicyclic amines) is 1. The number of likely N-dealkylation sites (N-methyl/N-ethyl adjacent to an activating group) is 3. The van der Waals surface area contributed by atoms with Crippen molar-refractivity contribution in [3.63, 3.8) is 0 Å². The molecule has 1 atom stereocenters. The maximum atomic E-state index is 12.2. The Hall–Kier alpha value is -1.14. The highest BCUT2D eigenvalue weighted by Crippen LogP contribution is 2.19. The fraction of sp³-hybridized carbons (Fsp3) is 0.846. The lowest BCUT2D eigenvalue weighted by Crippen LogP contribution is -2.38. The molecule has 0 radical (unpaired) electrons. The molecule has 19 heavy (non-hydrogen) atoms. The zero-order valence-electron chi connectivity index (χ0n) is 12.5. The minimum Gasteiger partial charge on any atom is -0.344 e. The molecule has 1 aliphatic rings. The second-order valence-electron chi connectivity index (χ2n) is 5.41. The van der Waals surface area contributed by atoms with Gasteiger partial charge in [-0.2, -0.15) is 0 Å². The molecule has 1 fully saturated rings. The molecule has 0 spiro atoms. The van der Waals surface area contributed by atoms with Gasteiger partial charge in [-0.3, -0.25) is 9.59 Å². The van der Waals surface area contributed by atoms with Gasteiger partial charge in [0.05, 0.1) is 5.92 Å². The molecule has 6 nitrogen and oxygen atoms in total. The molecule has 0 aromatic heterocycles. The molecule has 0 aromatic carbocycles. The fourth-order valence-electron chi connectivity index (χ4n) is 2.18. The molecule has 1 aliphatic heterocycles. The molecule has 1 saturated heterocycles. The van der Waals surface area contributed by atoms with E-state index in [0.29, 0.717) is 26.1 Å². The first-order valence-electron chi connectivity index (χ1n) is 6.77. The average molecular weight is 270 g/mol. The van der Waals surface area contributed by atoms with Crippen molar-refractivity contribution in [2.75, 3.05) is 60.9 Å². The first-order valence-corrected chi connectivity index (χ1v) is 6.77. The highest BCUT2D eigenvalue weighted by molar-refractivity contribution is 5.89. The predicted molar refractivity (Wildman–Crippen MR) is 74.8 cm³/mol. The normalized spacial score (nSPS) is 19.3. The molecule has 1 unspecified atom stereocenters. The van der Waals surface area contributed by atoms with E-state index in [9.17, 15) is 9.59 Å². The summed E-state index contributed by atoms with van der Waals surface area (Å²) in [4.78, 5) is 29.6. The molecular formula is C13H26N4O2. The second kappa shape index (κ2) is 7.45. The highest BCUT2D eigenvalue weighted by Gasteiger charge is 2.35. The number of carbonyl (C=O) groups excluding carboxylic acids is 2. The van der Waals surface area contributed by atoms with Crippen LogP contribution in [0.1, 0.15) is 6.42 Å². The lowest BCUT2D eigenvalue weighted by atomic mass is 10.1. The van der Waals surface area contributed by atoms with E-state index in [1.807, 2.05) is 26.0 Å². The van der Waals surface area contributed by atoms with Crippen LogP contribution < -0.4 is 5.32 Å². The van der Waals surface area contributed by atoms with Crippen LogP contribution in [0, 0.1) is 5.92 Å². The monoisotopic (exact) mass is 270 g/mol. The summed E-state index contributed by atoms with van der Waals surface area (Å²) in [6, 6.07) is 0. The van der Waals surface area contributed by atoms with Crippen LogP contribution in [-0.2, 0) is 9.59 Å². The van der Waals surface area contributed by atoms with Crippen LogP contribution in [0.4, 0.5) is 0 Å². The van der Waals surface area contributed by atoms with Gasteiger partial charge in [0.1, 0.15) is 0 Å². The Kier molecular flexibility index (Phi) is 6.24. The summed E-state index contributed by atoms with van der Waals surface area (Å²) in [7, 11) is 7.62. The molecule has 2 amide bonds. The zero-order valence-corrected chi connectivity index (χ0v) is 12.5. The minimum atomic E-state index is -0.170. The smallest absolute Gasteiger partial charge is 0.227 e. The highest BCUT2D eigenvalue weighted by atomic mass is 16.2. The summed E-state index contributed by atoms with van der Waals surface area (Å²) in [5, 5.41) is 3.02. The Morgan fingerprint density at radius 1 is 1.37 bits per heavy atom. The third-order valence-corrected chi connectivity index (χ3v) is 3.45. The van der Waals surface area contributed by atoms with Gasteiger partial charge in [0.2, 0.25) is 11.8 Å². The van der Waals surface area contributed by atoms with Crippen molar-refractivity contribution in [1.82, 2.24) is 20.0 Å². The van der Waals surface area contributed by atoms with Gasteiger partial charge in [-0.1, -0.05) is 0 Å². The quantitative estimate of drug-likeness (QED) is 0.650. The number of hydrogen-bond acceptors (Lipinski definition) is 4. The maximum Gasteiger partial charge on any atom is 0.227 e. The molecule has 1 N–H and O–H groups in total. The summed E-state index contributed by atoms with van der Waals surface area (Å²) in [6.45, 7) is 3.55.